The van der Waals surface area contributed by atoms with Gasteiger partial charge in [-0.1, -0.05) is 41.5 Å². The largest absolute Gasteiger partial charge is 0.395 e. The highest BCUT2D eigenvalue weighted by atomic mass is 16.3. The number of nitrogens with zero attached hydrogens (tertiary/aromatic N) is 1. The van der Waals surface area contributed by atoms with Crippen LogP contribution >= 0.6 is 0 Å². The quantitative estimate of drug-likeness (QED) is 0.748. The minimum absolute atomic E-state index is 0.114. The molecule has 0 radical (unpaired) electrons. The van der Waals surface area contributed by atoms with E-state index in [1.54, 1.807) is 0 Å². The molecule has 0 aromatic carbocycles. The molecule has 1 atom stereocenters. The molecule has 2 N–H and O–H groups in total. The zero-order chi connectivity index (χ0) is 17.1. The molecule has 0 aliphatic rings. The van der Waals surface area contributed by atoms with E-state index in [4.69, 9.17) is 5.11 Å². The lowest BCUT2D eigenvalue weighted by atomic mass is 9.92. The summed E-state index contributed by atoms with van der Waals surface area (Å²) >= 11 is 0. The summed E-state index contributed by atoms with van der Waals surface area (Å²) < 4.78 is 0. The summed E-state index contributed by atoms with van der Waals surface area (Å²) in [6, 6.07) is 0.250. The number of aliphatic hydroxyl groups excluding tert-OH is 1. The van der Waals surface area contributed by atoms with Gasteiger partial charge < -0.3 is 15.3 Å². The van der Waals surface area contributed by atoms with E-state index < -0.39 is 0 Å². The average Bonchev–Trinajstić information content (AvgIpc) is 2.35. The molecule has 0 rings (SSSR count). The average molecular weight is 303 g/mol. The molecule has 0 bridgehead atoms. The minimum Gasteiger partial charge on any atom is -0.395 e. The fourth-order valence-electron chi connectivity index (χ4n) is 1.92. The Kier molecular flexibility index (Phi) is 12.6. The maximum absolute atomic E-state index is 8.83. The van der Waals surface area contributed by atoms with Crippen molar-refractivity contribution in [2.75, 3.05) is 26.2 Å². The van der Waals surface area contributed by atoms with Gasteiger partial charge in [0.05, 0.1) is 6.61 Å². The van der Waals surface area contributed by atoms with Gasteiger partial charge in [-0.3, -0.25) is 0 Å². The zero-order valence-corrected chi connectivity index (χ0v) is 16.2. The van der Waals surface area contributed by atoms with Crippen molar-refractivity contribution in [2.45, 2.75) is 86.7 Å². The summed E-state index contributed by atoms with van der Waals surface area (Å²) in [4.78, 5) is 2.48. The summed E-state index contributed by atoms with van der Waals surface area (Å²) in [7, 11) is 0. The van der Waals surface area contributed by atoms with Gasteiger partial charge in [0.15, 0.2) is 0 Å². The van der Waals surface area contributed by atoms with Crippen LogP contribution in [0.4, 0.5) is 0 Å². The maximum atomic E-state index is 8.83. The van der Waals surface area contributed by atoms with Crippen molar-refractivity contribution in [1.82, 2.24) is 10.2 Å². The van der Waals surface area contributed by atoms with Gasteiger partial charge in [0.2, 0.25) is 0 Å². The Balaban J connectivity index is 0. The first kappa shape index (κ1) is 23.2. The third kappa shape index (κ3) is 17.8. The van der Waals surface area contributed by atoms with Gasteiger partial charge in [-0.05, 0) is 58.7 Å². The van der Waals surface area contributed by atoms with Gasteiger partial charge in [-0.25, -0.2) is 0 Å². The van der Waals surface area contributed by atoms with Crippen molar-refractivity contribution in [3.8, 4) is 0 Å². The molecule has 0 heterocycles. The monoisotopic (exact) mass is 302 g/mol. The van der Waals surface area contributed by atoms with E-state index in [0.717, 1.165) is 6.42 Å². The van der Waals surface area contributed by atoms with E-state index in [9.17, 15) is 0 Å². The fourth-order valence-corrected chi connectivity index (χ4v) is 1.92. The smallest absolute Gasteiger partial charge is 0.0584 e. The van der Waals surface area contributed by atoms with Crippen molar-refractivity contribution in [3.63, 3.8) is 0 Å². The fraction of sp³-hybridized carbons (Fsp3) is 1.00. The SMILES string of the molecule is CCC(CO)NC(C)(C)C.CCN(CC)CCC(C)(C)C. The molecule has 0 fully saturated rings. The highest BCUT2D eigenvalue weighted by Crippen LogP contribution is 2.18. The second kappa shape index (κ2) is 11.4. The molecule has 0 aliphatic carbocycles. The molecular weight excluding hydrogens is 260 g/mol. The topological polar surface area (TPSA) is 35.5 Å². The molecule has 0 aliphatic heterocycles. The highest BCUT2D eigenvalue weighted by molar-refractivity contribution is 4.76. The van der Waals surface area contributed by atoms with Crippen molar-refractivity contribution >= 4 is 0 Å². The zero-order valence-electron chi connectivity index (χ0n) is 16.2. The lowest BCUT2D eigenvalue weighted by molar-refractivity contribution is 0.212. The van der Waals surface area contributed by atoms with Crippen LogP contribution in [0.3, 0.4) is 0 Å². The van der Waals surface area contributed by atoms with E-state index in [0.29, 0.717) is 5.41 Å². The van der Waals surface area contributed by atoms with Crippen LogP contribution in [0.15, 0.2) is 0 Å². The van der Waals surface area contributed by atoms with Crippen LogP contribution in [0, 0.1) is 5.41 Å². The van der Waals surface area contributed by atoms with Gasteiger partial charge in [-0.15, -0.1) is 0 Å². The Hall–Kier alpha value is -0.120. The van der Waals surface area contributed by atoms with Crippen LogP contribution in [0.5, 0.6) is 0 Å². The predicted molar refractivity (Wildman–Crippen MR) is 95.9 cm³/mol. The molecule has 0 amide bonds. The van der Waals surface area contributed by atoms with E-state index in [1.165, 1.54) is 26.1 Å². The Morgan fingerprint density at radius 1 is 0.952 bits per heavy atom. The van der Waals surface area contributed by atoms with E-state index >= 15 is 0 Å². The predicted octanol–water partition coefficient (Wildman–Crippen LogP) is 3.91. The Labute approximate surface area is 134 Å². The minimum atomic E-state index is 0.114. The summed E-state index contributed by atoms with van der Waals surface area (Å²) in [5, 5.41) is 12.1. The summed E-state index contributed by atoms with van der Waals surface area (Å²) in [5.74, 6) is 0. The molecule has 0 spiro atoms. The van der Waals surface area contributed by atoms with Crippen LogP contribution in [0.25, 0.3) is 0 Å². The number of hydrogen-bond donors (Lipinski definition) is 2. The molecule has 3 nitrogen and oxygen atoms in total. The molecule has 0 aromatic heterocycles. The molecule has 21 heavy (non-hydrogen) atoms. The first-order valence-electron chi connectivity index (χ1n) is 8.59. The number of hydrogen-bond acceptors (Lipinski definition) is 3. The molecule has 0 aromatic rings. The summed E-state index contributed by atoms with van der Waals surface area (Å²) in [5.41, 5.74) is 0.603. The standard InChI is InChI=1S/C10H23N.C8H19NO/c1-6-11(7-2)9-8-10(3,4)5;1-5-7(6-10)9-8(2,3)4/h6-9H2,1-5H3;7,9-10H,5-6H2,1-4H3. The summed E-state index contributed by atoms with van der Waals surface area (Å²) in [6.45, 7) is 23.6. The van der Waals surface area contributed by atoms with Crippen molar-refractivity contribution in [1.29, 1.82) is 0 Å². The lowest BCUT2D eigenvalue weighted by Crippen LogP contribution is -2.45. The van der Waals surface area contributed by atoms with Gasteiger partial charge in [-0.2, -0.15) is 0 Å². The van der Waals surface area contributed by atoms with Gasteiger partial charge in [0.25, 0.3) is 0 Å². The molecule has 0 saturated carbocycles. The first-order chi connectivity index (χ1) is 9.49. The molecule has 1 unspecified atom stereocenters. The van der Waals surface area contributed by atoms with Crippen LogP contribution in [0.2, 0.25) is 0 Å². The van der Waals surface area contributed by atoms with Gasteiger partial charge in [0.1, 0.15) is 0 Å². The second-order valence-electron chi connectivity index (χ2n) is 8.02. The van der Waals surface area contributed by atoms with Crippen LogP contribution in [0.1, 0.15) is 75.2 Å². The maximum Gasteiger partial charge on any atom is 0.0584 e. The van der Waals surface area contributed by atoms with Crippen molar-refractivity contribution in [3.05, 3.63) is 0 Å². The molecule has 0 saturated heterocycles. The first-order valence-corrected chi connectivity index (χ1v) is 8.59. The number of rotatable bonds is 7. The van der Waals surface area contributed by atoms with Crippen molar-refractivity contribution in [2.24, 2.45) is 5.41 Å². The Morgan fingerprint density at radius 2 is 1.43 bits per heavy atom. The van der Waals surface area contributed by atoms with Gasteiger partial charge >= 0.3 is 0 Å². The molecule has 130 valence electrons. The third-order valence-corrected chi connectivity index (χ3v) is 3.42. The summed E-state index contributed by atoms with van der Waals surface area (Å²) in [6.07, 6.45) is 2.28. The highest BCUT2D eigenvalue weighted by Gasteiger charge is 2.14. The third-order valence-electron chi connectivity index (χ3n) is 3.42. The van der Waals surface area contributed by atoms with E-state index in [-0.39, 0.29) is 18.2 Å². The Morgan fingerprint density at radius 3 is 1.62 bits per heavy atom. The van der Waals surface area contributed by atoms with E-state index in [1.807, 2.05) is 0 Å². The molecule has 3 heteroatoms. The Bertz CT molecular complexity index is 220. The molecular formula is C18H42N2O. The normalized spacial score (nSPS) is 13.9. The second-order valence-corrected chi connectivity index (χ2v) is 8.02. The lowest BCUT2D eigenvalue weighted by Gasteiger charge is -2.26. The van der Waals surface area contributed by atoms with Crippen LogP contribution in [-0.4, -0.2) is 47.8 Å². The van der Waals surface area contributed by atoms with Crippen LogP contribution < -0.4 is 5.32 Å². The van der Waals surface area contributed by atoms with Crippen LogP contribution in [-0.2, 0) is 0 Å². The van der Waals surface area contributed by atoms with E-state index in [2.05, 4.69) is 72.5 Å². The number of aliphatic hydroxyl groups is 1. The van der Waals surface area contributed by atoms with Gasteiger partial charge in [0, 0.05) is 11.6 Å². The van der Waals surface area contributed by atoms with Crippen molar-refractivity contribution < 1.29 is 5.11 Å². The number of nitrogens with one attached hydrogen (secondary N) is 1.